The molecule has 0 radical (unpaired) electrons. The molecule has 5 heteroatoms. The third-order valence-corrected chi connectivity index (χ3v) is 3.00. The maximum atomic E-state index is 13.9. The van der Waals surface area contributed by atoms with E-state index in [1.165, 1.54) is 13.0 Å². The number of aryl methyl sites for hydroxylation is 1. The Morgan fingerprint density at radius 1 is 1.20 bits per heavy atom. The molecule has 0 heterocycles. The van der Waals surface area contributed by atoms with Gasteiger partial charge in [-0.25, -0.2) is 8.78 Å². The number of anilines is 1. The molecule has 3 N–H and O–H groups in total. The van der Waals surface area contributed by atoms with Gasteiger partial charge in [0.1, 0.15) is 17.2 Å². The van der Waals surface area contributed by atoms with Gasteiger partial charge in [0.25, 0.3) is 5.91 Å². The lowest BCUT2D eigenvalue weighted by molar-refractivity contribution is 0.101. The fraction of sp³-hybridized carbons (Fsp3) is 0.133. The minimum atomic E-state index is -0.893. The predicted molar refractivity (Wildman–Crippen MR) is 73.4 cm³/mol. The van der Waals surface area contributed by atoms with Crippen molar-refractivity contribution in [1.29, 1.82) is 0 Å². The van der Waals surface area contributed by atoms with Crippen LogP contribution in [0.3, 0.4) is 0 Å². The minimum absolute atomic E-state index is 0.212. The van der Waals surface area contributed by atoms with Crippen LogP contribution < -0.4 is 11.1 Å². The molecule has 3 nitrogen and oxygen atoms in total. The van der Waals surface area contributed by atoms with Crippen LogP contribution in [0.2, 0.25) is 0 Å². The highest BCUT2D eigenvalue weighted by Crippen LogP contribution is 2.20. The molecule has 0 aliphatic heterocycles. The molecule has 0 aliphatic rings. The quantitative estimate of drug-likeness (QED) is 0.905. The van der Waals surface area contributed by atoms with Gasteiger partial charge in [-0.2, -0.15) is 0 Å². The van der Waals surface area contributed by atoms with Crippen molar-refractivity contribution >= 4 is 11.6 Å². The zero-order valence-electron chi connectivity index (χ0n) is 10.9. The highest BCUT2D eigenvalue weighted by atomic mass is 19.1. The fourth-order valence-electron chi connectivity index (χ4n) is 1.87. The van der Waals surface area contributed by atoms with Gasteiger partial charge in [-0.3, -0.25) is 4.79 Å². The zero-order chi connectivity index (χ0) is 14.7. The van der Waals surface area contributed by atoms with Crippen molar-refractivity contribution in [3.05, 3.63) is 64.7 Å². The lowest BCUT2D eigenvalue weighted by Gasteiger charge is -2.11. The molecule has 0 fully saturated rings. The van der Waals surface area contributed by atoms with E-state index >= 15 is 0 Å². The van der Waals surface area contributed by atoms with Crippen LogP contribution in [0.15, 0.2) is 36.4 Å². The highest BCUT2D eigenvalue weighted by Gasteiger charge is 2.19. The molecule has 2 aromatic carbocycles. The number of para-hydroxylation sites is 1. The Kier molecular flexibility index (Phi) is 4.10. The lowest BCUT2D eigenvalue weighted by atomic mass is 10.1. The summed E-state index contributed by atoms with van der Waals surface area (Å²) < 4.78 is 27.5. The second-order valence-corrected chi connectivity index (χ2v) is 4.37. The molecule has 20 heavy (non-hydrogen) atoms. The Labute approximate surface area is 115 Å². The third kappa shape index (κ3) is 2.67. The number of carbonyl (C=O) groups excluding carboxylic acids is 1. The summed E-state index contributed by atoms with van der Waals surface area (Å²) in [5, 5.41) is 2.49. The zero-order valence-corrected chi connectivity index (χ0v) is 10.9. The molecule has 0 unspecified atom stereocenters. The summed E-state index contributed by atoms with van der Waals surface area (Å²) >= 11 is 0. The maximum Gasteiger partial charge on any atom is 0.261 e. The first-order valence-corrected chi connectivity index (χ1v) is 6.08. The van der Waals surface area contributed by atoms with Crippen LogP contribution in [-0.4, -0.2) is 5.91 Å². The van der Waals surface area contributed by atoms with Gasteiger partial charge in [-0.05, 0) is 30.2 Å². The van der Waals surface area contributed by atoms with E-state index in [9.17, 15) is 13.6 Å². The van der Waals surface area contributed by atoms with Gasteiger partial charge in [0, 0.05) is 12.2 Å². The molecule has 0 saturated heterocycles. The Hall–Kier alpha value is -2.27. The molecular formula is C15H14F2N2O. The molecule has 0 aromatic heterocycles. The van der Waals surface area contributed by atoms with Gasteiger partial charge in [0.2, 0.25) is 0 Å². The SMILES string of the molecule is Cc1ccc(F)c(C(=O)Nc2ccccc2CN)c1F. The average molecular weight is 276 g/mol. The molecule has 0 atom stereocenters. The lowest BCUT2D eigenvalue weighted by Crippen LogP contribution is -2.18. The Balaban J connectivity index is 2.36. The number of amides is 1. The minimum Gasteiger partial charge on any atom is -0.326 e. The molecule has 1 amide bonds. The van der Waals surface area contributed by atoms with Gasteiger partial charge < -0.3 is 11.1 Å². The number of nitrogens with one attached hydrogen (secondary N) is 1. The summed E-state index contributed by atoms with van der Waals surface area (Å²) in [4.78, 5) is 12.0. The summed E-state index contributed by atoms with van der Waals surface area (Å²) in [7, 11) is 0. The van der Waals surface area contributed by atoms with E-state index in [1.54, 1.807) is 24.3 Å². The third-order valence-electron chi connectivity index (χ3n) is 3.00. The van der Waals surface area contributed by atoms with Crippen LogP contribution in [0.5, 0.6) is 0 Å². The van der Waals surface area contributed by atoms with E-state index in [-0.39, 0.29) is 12.1 Å². The smallest absolute Gasteiger partial charge is 0.261 e. The molecule has 0 spiro atoms. The molecular weight excluding hydrogens is 262 g/mol. The first-order chi connectivity index (χ1) is 9.54. The number of benzene rings is 2. The Morgan fingerprint density at radius 2 is 1.90 bits per heavy atom. The standard InChI is InChI=1S/C15H14F2N2O/c1-9-6-7-11(16)13(14(9)17)15(20)19-12-5-3-2-4-10(12)8-18/h2-7H,8,18H2,1H3,(H,19,20). The van der Waals surface area contributed by atoms with Gasteiger partial charge >= 0.3 is 0 Å². The summed E-state index contributed by atoms with van der Waals surface area (Å²) in [5.74, 6) is -2.58. The van der Waals surface area contributed by atoms with Gasteiger partial charge in [-0.1, -0.05) is 24.3 Å². The first-order valence-electron chi connectivity index (χ1n) is 6.08. The number of hydrogen-bond acceptors (Lipinski definition) is 2. The largest absolute Gasteiger partial charge is 0.326 e. The summed E-state index contributed by atoms with van der Waals surface area (Å²) in [6.07, 6.45) is 0. The first kappa shape index (κ1) is 14.1. The van der Waals surface area contributed by atoms with E-state index in [1.807, 2.05) is 0 Å². The Bertz CT molecular complexity index is 656. The highest BCUT2D eigenvalue weighted by molar-refractivity contribution is 6.05. The second kappa shape index (κ2) is 5.79. The van der Waals surface area contributed by atoms with E-state index in [2.05, 4.69) is 5.32 Å². The molecule has 0 aliphatic carbocycles. The molecule has 104 valence electrons. The average Bonchev–Trinajstić information content (AvgIpc) is 2.44. The normalized spacial score (nSPS) is 10.4. The van der Waals surface area contributed by atoms with Gasteiger partial charge in [0.05, 0.1) is 0 Å². The van der Waals surface area contributed by atoms with Crippen molar-refractivity contribution in [3.63, 3.8) is 0 Å². The number of carbonyl (C=O) groups is 1. The van der Waals surface area contributed by atoms with Crippen molar-refractivity contribution in [2.45, 2.75) is 13.5 Å². The summed E-state index contributed by atoms with van der Waals surface area (Å²) in [6.45, 7) is 1.69. The topological polar surface area (TPSA) is 55.1 Å². The number of halogens is 2. The van der Waals surface area contributed by atoms with Crippen LogP contribution in [0.4, 0.5) is 14.5 Å². The monoisotopic (exact) mass is 276 g/mol. The van der Waals surface area contributed by atoms with E-state index < -0.39 is 23.1 Å². The van der Waals surface area contributed by atoms with Crippen molar-refractivity contribution in [2.24, 2.45) is 5.73 Å². The molecule has 2 rings (SSSR count). The van der Waals surface area contributed by atoms with Crippen LogP contribution in [0, 0.1) is 18.6 Å². The Morgan fingerprint density at radius 3 is 2.60 bits per heavy atom. The van der Waals surface area contributed by atoms with Crippen molar-refractivity contribution < 1.29 is 13.6 Å². The van der Waals surface area contributed by atoms with E-state index in [0.29, 0.717) is 11.3 Å². The van der Waals surface area contributed by atoms with Crippen LogP contribution in [0.1, 0.15) is 21.5 Å². The molecule has 2 aromatic rings. The van der Waals surface area contributed by atoms with Gasteiger partial charge in [0.15, 0.2) is 0 Å². The summed E-state index contributed by atoms with van der Waals surface area (Å²) in [5.41, 5.74) is 6.31. The number of rotatable bonds is 3. The van der Waals surface area contributed by atoms with Crippen molar-refractivity contribution in [1.82, 2.24) is 0 Å². The maximum absolute atomic E-state index is 13.9. The molecule has 0 bridgehead atoms. The summed E-state index contributed by atoms with van der Waals surface area (Å²) in [6, 6.07) is 9.20. The van der Waals surface area contributed by atoms with Crippen LogP contribution >= 0.6 is 0 Å². The molecule has 0 saturated carbocycles. The van der Waals surface area contributed by atoms with Gasteiger partial charge in [-0.15, -0.1) is 0 Å². The second-order valence-electron chi connectivity index (χ2n) is 4.37. The number of hydrogen-bond donors (Lipinski definition) is 2. The van der Waals surface area contributed by atoms with Crippen LogP contribution in [0.25, 0.3) is 0 Å². The van der Waals surface area contributed by atoms with E-state index in [0.717, 1.165) is 6.07 Å². The van der Waals surface area contributed by atoms with Crippen molar-refractivity contribution in [3.8, 4) is 0 Å². The van der Waals surface area contributed by atoms with Crippen LogP contribution in [-0.2, 0) is 6.54 Å². The van der Waals surface area contributed by atoms with E-state index in [4.69, 9.17) is 5.73 Å². The number of nitrogens with two attached hydrogens (primary N) is 1. The van der Waals surface area contributed by atoms with Crippen molar-refractivity contribution in [2.75, 3.05) is 5.32 Å². The fourth-order valence-corrected chi connectivity index (χ4v) is 1.87. The predicted octanol–water partition coefficient (Wildman–Crippen LogP) is 2.98.